The zero-order valence-corrected chi connectivity index (χ0v) is 5.61. The molecular formula is C5H10O2S. The van der Waals surface area contributed by atoms with Crippen LogP contribution in [0.15, 0.2) is 11.0 Å². The van der Waals surface area contributed by atoms with E-state index in [9.17, 15) is 0 Å². The van der Waals surface area contributed by atoms with Gasteiger partial charge < -0.3 is 0 Å². The molecule has 48 valence electrons. The lowest BCUT2D eigenvalue weighted by Gasteiger charge is -2.33. The summed E-state index contributed by atoms with van der Waals surface area (Å²) in [6, 6.07) is 0. The van der Waals surface area contributed by atoms with Gasteiger partial charge in [-0.1, -0.05) is 6.08 Å². The average Bonchev–Trinajstić information content (AvgIpc) is 1.16. The molecule has 0 aliphatic heterocycles. The minimum atomic E-state index is -2.30. The van der Waals surface area contributed by atoms with E-state index in [0.29, 0.717) is 0 Å². The zero-order chi connectivity index (χ0) is 6.20. The van der Waals surface area contributed by atoms with E-state index in [1.165, 1.54) is 6.26 Å². The lowest BCUT2D eigenvalue weighted by molar-refractivity contribution is 0.499. The molecule has 0 unspecified atom stereocenters. The number of allylic oxidation sites excluding steroid dienone is 2. The maximum absolute atomic E-state index is 8.91. The van der Waals surface area contributed by atoms with Crippen molar-refractivity contribution in [3.05, 3.63) is 11.0 Å². The summed E-state index contributed by atoms with van der Waals surface area (Å²) in [5.41, 5.74) is 0. The lowest BCUT2D eigenvalue weighted by Crippen LogP contribution is -2.03. The Bertz CT molecular complexity index is 123. The zero-order valence-electron chi connectivity index (χ0n) is 4.79. The summed E-state index contributed by atoms with van der Waals surface area (Å²) in [6.45, 7) is 0. The molecule has 0 fully saturated rings. The Morgan fingerprint density at radius 1 is 1.62 bits per heavy atom. The van der Waals surface area contributed by atoms with Crippen molar-refractivity contribution >= 4 is 10.6 Å². The second kappa shape index (κ2) is 1.76. The second-order valence-electron chi connectivity index (χ2n) is 2.04. The maximum Gasteiger partial charge on any atom is 0.0318 e. The molecule has 0 radical (unpaired) electrons. The highest BCUT2D eigenvalue weighted by Crippen LogP contribution is 2.49. The summed E-state index contributed by atoms with van der Waals surface area (Å²) in [7, 11) is -2.30. The Morgan fingerprint density at radius 2 is 2.12 bits per heavy atom. The predicted molar refractivity (Wildman–Crippen MR) is 36.1 cm³/mol. The second-order valence-corrected chi connectivity index (χ2v) is 4.23. The van der Waals surface area contributed by atoms with Crippen molar-refractivity contribution in [3.63, 3.8) is 0 Å². The molecule has 0 saturated carbocycles. The topological polar surface area (TPSA) is 40.5 Å². The molecule has 0 bridgehead atoms. The standard InChI is InChI=1S/C5H10O2S/c1-8(6,7)5-3-2-4-5/h3,6-7H,2,4H2,1H3. The van der Waals surface area contributed by atoms with Crippen LogP contribution < -0.4 is 0 Å². The highest BCUT2D eigenvalue weighted by atomic mass is 32.3. The van der Waals surface area contributed by atoms with Crippen LogP contribution in [0.3, 0.4) is 0 Å². The summed E-state index contributed by atoms with van der Waals surface area (Å²) < 4.78 is 17.8. The predicted octanol–water partition coefficient (Wildman–Crippen LogP) is 2.04. The molecule has 0 heterocycles. The molecule has 1 rings (SSSR count). The molecule has 0 atom stereocenters. The van der Waals surface area contributed by atoms with Gasteiger partial charge in [-0.25, -0.2) is 0 Å². The Morgan fingerprint density at radius 3 is 2.12 bits per heavy atom. The quantitative estimate of drug-likeness (QED) is 0.576. The molecule has 0 aromatic carbocycles. The fourth-order valence-corrected chi connectivity index (χ4v) is 1.55. The normalized spacial score (nSPS) is 21.6. The Balaban J connectivity index is 2.59. The monoisotopic (exact) mass is 134 g/mol. The molecule has 8 heavy (non-hydrogen) atoms. The summed E-state index contributed by atoms with van der Waals surface area (Å²) in [5.74, 6) is 0. The molecule has 2 N–H and O–H groups in total. The van der Waals surface area contributed by atoms with Gasteiger partial charge in [0.05, 0.1) is 0 Å². The smallest absolute Gasteiger partial charge is 0.0318 e. The van der Waals surface area contributed by atoms with Crippen molar-refractivity contribution in [1.29, 1.82) is 0 Å². The van der Waals surface area contributed by atoms with Crippen molar-refractivity contribution in [1.82, 2.24) is 0 Å². The molecule has 0 amide bonds. The van der Waals surface area contributed by atoms with E-state index in [4.69, 9.17) is 9.11 Å². The number of hydrogen-bond donors (Lipinski definition) is 2. The number of hydrogen-bond acceptors (Lipinski definition) is 2. The van der Waals surface area contributed by atoms with E-state index in [0.717, 1.165) is 17.7 Å². The van der Waals surface area contributed by atoms with Crippen LogP contribution in [0.1, 0.15) is 12.8 Å². The van der Waals surface area contributed by atoms with Crippen LogP contribution >= 0.6 is 10.6 Å². The van der Waals surface area contributed by atoms with Gasteiger partial charge in [-0.15, -0.1) is 0 Å². The minimum Gasteiger partial charge on any atom is -0.295 e. The fraction of sp³-hybridized carbons (Fsp3) is 0.600. The largest absolute Gasteiger partial charge is 0.295 e. The summed E-state index contributed by atoms with van der Waals surface area (Å²) in [6.07, 6.45) is 5.24. The van der Waals surface area contributed by atoms with Gasteiger partial charge in [0, 0.05) is 11.2 Å². The third-order valence-electron chi connectivity index (χ3n) is 1.26. The number of rotatable bonds is 1. The van der Waals surface area contributed by atoms with Gasteiger partial charge in [0.1, 0.15) is 0 Å². The third-order valence-corrected chi connectivity index (χ3v) is 2.62. The first-order chi connectivity index (χ1) is 3.61. The van der Waals surface area contributed by atoms with Crippen LogP contribution in [0.2, 0.25) is 0 Å². The molecule has 0 saturated heterocycles. The van der Waals surface area contributed by atoms with Gasteiger partial charge in [0.2, 0.25) is 0 Å². The minimum absolute atomic E-state index is 0.831. The van der Waals surface area contributed by atoms with Crippen LogP contribution in [0.4, 0.5) is 0 Å². The molecular weight excluding hydrogens is 124 g/mol. The SMILES string of the molecule is CS(O)(O)C1=CCC1. The van der Waals surface area contributed by atoms with Crippen molar-refractivity contribution in [2.24, 2.45) is 0 Å². The summed E-state index contributed by atoms with van der Waals surface area (Å²) >= 11 is 0. The van der Waals surface area contributed by atoms with E-state index in [-0.39, 0.29) is 0 Å². The third kappa shape index (κ3) is 1.05. The molecule has 2 nitrogen and oxygen atoms in total. The molecule has 1 aliphatic carbocycles. The van der Waals surface area contributed by atoms with Gasteiger partial charge in [-0.05, 0) is 12.8 Å². The van der Waals surface area contributed by atoms with Crippen LogP contribution in [-0.4, -0.2) is 15.4 Å². The Labute approximate surface area is 50.6 Å². The van der Waals surface area contributed by atoms with Crippen molar-refractivity contribution in [2.45, 2.75) is 12.8 Å². The molecule has 0 aromatic rings. The van der Waals surface area contributed by atoms with Gasteiger partial charge >= 0.3 is 0 Å². The van der Waals surface area contributed by atoms with E-state index in [1.807, 2.05) is 6.08 Å². The van der Waals surface area contributed by atoms with Crippen molar-refractivity contribution in [3.8, 4) is 0 Å². The first kappa shape index (κ1) is 6.13. The van der Waals surface area contributed by atoms with Crippen molar-refractivity contribution < 1.29 is 9.11 Å². The van der Waals surface area contributed by atoms with E-state index in [1.54, 1.807) is 0 Å². The molecule has 1 aliphatic rings. The first-order valence-corrected chi connectivity index (χ1v) is 4.48. The first-order valence-electron chi connectivity index (χ1n) is 2.53. The highest BCUT2D eigenvalue weighted by Gasteiger charge is 2.16. The van der Waals surface area contributed by atoms with Gasteiger partial charge in [0.15, 0.2) is 0 Å². The molecule has 3 heteroatoms. The fourth-order valence-electron chi connectivity index (χ4n) is 0.613. The van der Waals surface area contributed by atoms with Gasteiger partial charge in [0.25, 0.3) is 0 Å². The summed E-state index contributed by atoms with van der Waals surface area (Å²) in [5, 5.41) is 0. The highest BCUT2D eigenvalue weighted by molar-refractivity contribution is 8.27. The van der Waals surface area contributed by atoms with Crippen molar-refractivity contribution in [2.75, 3.05) is 6.26 Å². The van der Waals surface area contributed by atoms with Crippen LogP contribution in [0.5, 0.6) is 0 Å². The Hall–Kier alpha value is 0.0100. The van der Waals surface area contributed by atoms with Crippen LogP contribution in [0.25, 0.3) is 0 Å². The van der Waals surface area contributed by atoms with Crippen LogP contribution in [-0.2, 0) is 0 Å². The van der Waals surface area contributed by atoms with E-state index in [2.05, 4.69) is 0 Å². The Kier molecular flexibility index (Phi) is 1.35. The van der Waals surface area contributed by atoms with Gasteiger partial charge in [-0.2, -0.15) is 10.6 Å². The average molecular weight is 134 g/mol. The van der Waals surface area contributed by atoms with Gasteiger partial charge in [-0.3, -0.25) is 9.11 Å². The maximum atomic E-state index is 8.91. The molecule has 0 aromatic heterocycles. The van der Waals surface area contributed by atoms with E-state index < -0.39 is 10.6 Å². The van der Waals surface area contributed by atoms with Crippen LogP contribution in [0, 0.1) is 0 Å². The van der Waals surface area contributed by atoms with E-state index >= 15 is 0 Å². The summed E-state index contributed by atoms with van der Waals surface area (Å²) in [4.78, 5) is 0.831. The molecule has 0 spiro atoms. The lowest BCUT2D eigenvalue weighted by atomic mass is 10.1.